The zero-order valence-corrected chi connectivity index (χ0v) is 20.5. The fourth-order valence-corrected chi connectivity index (χ4v) is 5.78. The minimum atomic E-state index is -0.346. The molecule has 1 aromatic carbocycles. The van der Waals surface area contributed by atoms with Crippen molar-refractivity contribution in [2.75, 3.05) is 49.1 Å². The number of aryl methyl sites for hydroxylation is 3. The normalized spacial score (nSPS) is 23.7. The Hall–Kier alpha value is -3.20. The van der Waals surface area contributed by atoms with Gasteiger partial charge in [0.25, 0.3) is 5.91 Å². The number of benzene rings is 1. The lowest BCUT2D eigenvalue weighted by Crippen LogP contribution is -2.34. The number of rotatable bonds is 6. The highest BCUT2D eigenvalue weighted by Crippen LogP contribution is 2.35. The topological polar surface area (TPSA) is 116 Å². The van der Waals surface area contributed by atoms with E-state index in [1.807, 2.05) is 35.8 Å². The van der Waals surface area contributed by atoms with Crippen molar-refractivity contribution in [2.24, 2.45) is 17.6 Å². The molecule has 3 atom stereocenters. The minimum Gasteiger partial charge on any atom is -0.391 e. The van der Waals surface area contributed by atoms with Crippen LogP contribution in [0.1, 0.15) is 40.2 Å². The predicted octanol–water partition coefficient (Wildman–Crippen LogP) is 1.29. The molecule has 3 N–H and O–H groups in total. The van der Waals surface area contributed by atoms with Crippen molar-refractivity contribution in [2.45, 2.75) is 39.2 Å². The molecule has 4 heterocycles. The maximum atomic E-state index is 13.5. The van der Waals surface area contributed by atoms with E-state index in [1.54, 1.807) is 0 Å². The van der Waals surface area contributed by atoms with Crippen molar-refractivity contribution in [3.63, 3.8) is 0 Å². The summed E-state index contributed by atoms with van der Waals surface area (Å²) in [7, 11) is 0. The lowest BCUT2D eigenvalue weighted by Gasteiger charge is -2.25. The van der Waals surface area contributed by atoms with E-state index in [4.69, 9.17) is 5.73 Å². The van der Waals surface area contributed by atoms with Crippen LogP contribution in [0.4, 0.5) is 11.6 Å². The Morgan fingerprint density at radius 3 is 2.31 bits per heavy atom. The van der Waals surface area contributed by atoms with Gasteiger partial charge < -0.3 is 25.5 Å². The molecule has 3 unspecified atom stereocenters. The van der Waals surface area contributed by atoms with Gasteiger partial charge in [-0.05, 0) is 44.4 Å². The number of nitrogens with zero attached hydrogens (tertiary/aromatic N) is 5. The fraction of sp³-hybridized carbons (Fsp3) is 0.538. The first-order valence-corrected chi connectivity index (χ1v) is 12.5. The number of nitrogens with two attached hydrogens (primary N) is 1. The van der Waals surface area contributed by atoms with Crippen molar-refractivity contribution in [3.05, 3.63) is 46.8 Å². The smallest absolute Gasteiger partial charge is 0.257 e. The molecular weight excluding hydrogens is 444 g/mol. The van der Waals surface area contributed by atoms with E-state index in [1.165, 1.54) is 5.69 Å². The highest BCUT2D eigenvalue weighted by atomic mass is 16.3. The maximum absolute atomic E-state index is 13.5. The monoisotopic (exact) mass is 478 g/mol. The van der Waals surface area contributed by atoms with Crippen molar-refractivity contribution < 1.29 is 14.7 Å². The number of carbonyl (C=O) groups is 2. The molecule has 186 valence electrons. The molecule has 1 aromatic heterocycles. The molecule has 3 aliphatic heterocycles. The third kappa shape index (κ3) is 4.82. The zero-order chi connectivity index (χ0) is 24.7. The molecule has 0 bridgehead atoms. The number of hydrogen-bond acceptors (Lipinski definition) is 7. The van der Waals surface area contributed by atoms with Crippen LogP contribution in [0, 0.1) is 25.7 Å². The third-order valence-corrected chi connectivity index (χ3v) is 7.63. The largest absolute Gasteiger partial charge is 0.391 e. The Morgan fingerprint density at radius 2 is 1.71 bits per heavy atom. The summed E-state index contributed by atoms with van der Waals surface area (Å²) in [4.78, 5) is 40.2. The van der Waals surface area contributed by atoms with Crippen LogP contribution in [0.3, 0.4) is 0 Å². The number of β-amino-alcohol motifs (C(OH)–C–C–N with tert-alkyl or cyclic N) is 1. The predicted molar refractivity (Wildman–Crippen MR) is 133 cm³/mol. The van der Waals surface area contributed by atoms with E-state index in [0.29, 0.717) is 60.5 Å². The highest BCUT2D eigenvalue weighted by Gasteiger charge is 2.42. The van der Waals surface area contributed by atoms with Gasteiger partial charge in [-0.15, -0.1) is 0 Å². The number of aliphatic hydroxyl groups excluding tert-OH is 1. The molecule has 35 heavy (non-hydrogen) atoms. The van der Waals surface area contributed by atoms with Crippen LogP contribution in [-0.2, 0) is 11.2 Å². The van der Waals surface area contributed by atoms with Gasteiger partial charge in [0.05, 0.1) is 23.1 Å². The number of amides is 2. The summed E-state index contributed by atoms with van der Waals surface area (Å²) in [5.41, 5.74) is 9.59. The molecule has 0 spiro atoms. The number of aromatic nitrogens is 2. The third-order valence-electron chi connectivity index (χ3n) is 7.63. The lowest BCUT2D eigenvalue weighted by molar-refractivity contribution is -0.117. The van der Waals surface area contributed by atoms with E-state index in [0.717, 1.165) is 38.3 Å². The SMILES string of the molecule is Cc1nc(N2CCC(O)C2)nc(C)c1C(=O)N1CC2CN(c3cccc(CCC(N)=O)c3)CC2C1. The van der Waals surface area contributed by atoms with Gasteiger partial charge in [0.1, 0.15) is 0 Å². The summed E-state index contributed by atoms with van der Waals surface area (Å²) in [5.74, 6) is 1.19. The summed E-state index contributed by atoms with van der Waals surface area (Å²) in [6.45, 7) is 8.32. The van der Waals surface area contributed by atoms with Gasteiger partial charge in [-0.2, -0.15) is 0 Å². The van der Waals surface area contributed by atoms with Crippen LogP contribution in [-0.4, -0.2) is 77.2 Å². The molecule has 0 radical (unpaired) electrons. The van der Waals surface area contributed by atoms with Crippen LogP contribution in [0.5, 0.6) is 0 Å². The van der Waals surface area contributed by atoms with E-state index >= 15 is 0 Å². The molecule has 5 rings (SSSR count). The summed E-state index contributed by atoms with van der Waals surface area (Å²) in [5, 5.41) is 9.83. The van der Waals surface area contributed by atoms with Crippen molar-refractivity contribution in [3.8, 4) is 0 Å². The number of primary amides is 1. The van der Waals surface area contributed by atoms with Gasteiger partial charge in [0, 0.05) is 63.2 Å². The molecule has 2 aromatic rings. The summed E-state index contributed by atoms with van der Waals surface area (Å²) in [6, 6.07) is 8.34. The van der Waals surface area contributed by atoms with E-state index in [2.05, 4.69) is 27.0 Å². The van der Waals surface area contributed by atoms with Gasteiger partial charge in [0.15, 0.2) is 0 Å². The molecule has 3 saturated heterocycles. The fourth-order valence-electron chi connectivity index (χ4n) is 5.78. The van der Waals surface area contributed by atoms with E-state index in [9.17, 15) is 14.7 Å². The second-order valence-electron chi connectivity index (χ2n) is 10.2. The first kappa shape index (κ1) is 23.5. The number of fused-ring (bicyclic) bond motifs is 1. The van der Waals surface area contributed by atoms with Crippen LogP contribution >= 0.6 is 0 Å². The van der Waals surface area contributed by atoms with Gasteiger partial charge in [-0.3, -0.25) is 9.59 Å². The molecule has 3 aliphatic rings. The van der Waals surface area contributed by atoms with Gasteiger partial charge in [-0.1, -0.05) is 12.1 Å². The Bertz CT molecular complexity index is 1100. The first-order valence-electron chi connectivity index (χ1n) is 12.5. The Balaban J connectivity index is 1.23. The standard InChI is InChI=1S/C26H34N6O3/c1-16-24(17(2)29-26(28-16)30-9-8-22(33)15-30)25(35)32-13-19-11-31(12-20(19)14-32)21-5-3-4-18(10-21)6-7-23(27)34/h3-5,10,19-20,22,33H,6-9,11-15H2,1-2H3,(H2,27,34). The van der Waals surface area contributed by atoms with Crippen LogP contribution in [0.15, 0.2) is 24.3 Å². The Morgan fingerprint density at radius 1 is 1.03 bits per heavy atom. The van der Waals surface area contributed by atoms with Crippen LogP contribution in [0.2, 0.25) is 0 Å². The molecule has 3 fully saturated rings. The van der Waals surface area contributed by atoms with Crippen LogP contribution in [0.25, 0.3) is 0 Å². The van der Waals surface area contributed by atoms with E-state index in [-0.39, 0.29) is 17.9 Å². The molecule has 2 amide bonds. The zero-order valence-electron chi connectivity index (χ0n) is 20.5. The van der Waals surface area contributed by atoms with Gasteiger partial charge in [0.2, 0.25) is 11.9 Å². The van der Waals surface area contributed by atoms with Crippen molar-refractivity contribution >= 4 is 23.5 Å². The molecule has 0 saturated carbocycles. The van der Waals surface area contributed by atoms with Crippen molar-refractivity contribution in [1.29, 1.82) is 0 Å². The maximum Gasteiger partial charge on any atom is 0.257 e. The number of hydrogen-bond donors (Lipinski definition) is 2. The lowest BCUT2D eigenvalue weighted by atomic mass is 10.0. The molecular formula is C26H34N6O3. The molecule has 9 nitrogen and oxygen atoms in total. The highest BCUT2D eigenvalue weighted by molar-refractivity contribution is 5.96. The molecule has 0 aliphatic carbocycles. The van der Waals surface area contributed by atoms with Gasteiger partial charge in [-0.25, -0.2) is 9.97 Å². The minimum absolute atomic E-state index is 0.0161. The Labute approximate surface area is 205 Å². The Kier molecular flexibility index (Phi) is 6.35. The second-order valence-corrected chi connectivity index (χ2v) is 10.2. The average Bonchev–Trinajstić information content (AvgIpc) is 3.52. The summed E-state index contributed by atoms with van der Waals surface area (Å²) in [6.07, 6.45) is 1.38. The average molecular weight is 479 g/mol. The van der Waals surface area contributed by atoms with Gasteiger partial charge >= 0.3 is 0 Å². The summed E-state index contributed by atoms with van der Waals surface area (Å²) >= 11 is 0. The van der Waals surface area contributed by atoms with Crippen LogP contribution < -0.4 is 15.5 Å². The quantitative estimate of drug-likeness (QED) is 0.643. The number of carbonyl (C=O) groups excluding carboxylic acids is 2. The summed E-state index contributed by atoms with van der Waals surface area (Å²) < 4.78 is 0. The number of aliphatic hydroxyl groups is 1. The number of likely N-dealkylation sites (tertiary alicyclic amines) is 1. The van der Waals surface area contributed by atoms with E-state index < -0.39 is 0 Å². The first-order chi connectivity index (χ1) is 16.8. The number of anilines is 2. The molecule has 9 heteroatoms. The van der Waals surface area contributed by atoms with Crippen molar-refractivity contribution in [1.82, 2.24) is 14.9 Å². The second kappa shape index (κ2) is 9.45.